The predicted octanol–water partition coefficient (Wildman–Crippen LogP) is 4.66. The molecule has 4 aromatic rings. The number of nitrogens with zero attached hydrogens (tertiary/aromatic N) is 3. The Morgan fingerprint density at radius 1 is 1.00 bits per heavy atom. The molecule has 9 heteroatoms. The average Bonchev–Trinajstić information content (AvgIpc) is 3.56. The smallest absolute Gasteiger partial charge is 0.337 e. The Kier molecular flexibility index (Phi) is 7.46. The van der Waals surface area contributed by atoms with Crippen LogP contribution in [-0.2, 0) is 9.53 Å². The molecule has 2 aromatic carbocycles. The van der Waals surface area contributed by atoms with Crippen molar-refractivity contribution in [3.8, 4) is 5.69 Å². The molecule has 2 aromatic heterocycles. The number of anilines is 1. The molecule has 1 saturated heterocycles. The highest BCUT2D eigenvalue weighted by Gasteiger charge is 2.41. The summed E-state index contributed by atoms with van der Waals surface area (Å²) in [6.07, 6.45) is 3.99. The highest BCUT2D eigenvalue weighted by molar-refractivity contribution is 7.80. The number of amides is 1. The van der Waals surface area contributed by atoms with Gasteiger partial charge < -0.3 is 24.8 Å². The first-order valence-electron chi connectivity index (χ1n) is 12.2. The Balaban J connectivity index is 1.44. The SMILES string of the molecule is COC(=O)c1ccc(-n2cccc2[C@H]2[C@@H](c3ccccn3)NC(=S)N2CCC(=O)Nc2ccccc2)cc1. The zero-order valence-electron chi connectivity index (χ0n) is 20.8. The average molecular weight is 526 g/mol. The van der Waals surface area contributed by atoms with E-state index in [0.29, 0.717) is 17.2 Å². The first-order valence-corrected chi connectivity index (χ1v) is 12.6. The lowest BCUT2D eigenvalue weighted by Crippen LogP contribution is -2.33. The fraction of sp³-hybridized carbons (Fsp3) is 0.172. The fourth-order valence-electron chi connectivity index (χ4n) is 4.68. The molecule has 1 aliphatic heterocycles. The molecule has 5 rings (SSSR count). The summed E-state index contributed by atoms with van der Waals surface area (Å²) in [5.74, 6) is -0.474. The van der Waals surface area contributed by atoms with Crippen LogP contribution in [0.25, 0.3) is 5.69 Å². The molecule has 3 heterocycles. The van der Waals surface area contributed by atoms with Gasteiger partial charge in [0.25, 0.3) is 0 Å². The number of pyridine rings is 1. The molecular weight excluding hydrogens is 498 g/mol. The van der Waals surface area contributed by atoms with Gasteiger partial charge in [0.1, 0.15) is 0 Å². The van der Waals surface area contributed by atoms with Crippen molar-refractivity contribution in [3.05, 3.63) is 114 Å². The van der Waals surface area contributed by atoms with Gasteiger partial charge in [-0.25, -0.2) is 4.79 Å². The third-order valence-electron chi connectivity index (χ3n) is 6.48. The number of carbonyl (C=O) groups excluding carboxylic acids is 2. The number of esters is 1. The van der Waals surface area contributed by atoms with Gasteiger partial charge in [0.2, 0.25) is 5.91 Å². The molecule has 0 spiro atoms. The number of hydrogen-bond acceptors (Lipinski definition) is 5. The standard InChI is InChI=1S/C29H27N5O3S/c1-37-28(36)20-12-14-22(15-13-20)33-18-7-11-24(33)27-26(23-10-5-6-17-30-23)32-29(38)34(27)19-16-25(35)31-21-8-3-2-4-9-21/h2-15,17-18,26-27H,16,19H2,1H3,(H,31,35)(H,32,38)/t26-,27+/m1/s1. The molecule has 8 nitrogen and oxygen atoms in total. The molecule has 192 valence electrons. The lowest BCUT2D eigenvalue weighted by molar-refractivity contribution is -0.116. The summed E-state index contributed by atoms with van der Waals surface area (Å²) in [5, 5.41) is 6.94. The number of aromatic nitrogens is 2. The van der Waals surface area contributed by atoms with E-state index in [4.69, 9.17) is 17.0 Å². The third kappa shape index (κ3) is 5.28. The molecule has 0 unspecified atom stereocenters. The second-order valence-electron chi connectivity index (χ2n) is 8.83. The van der Waals surface area contributed by atoms with Gasteiger partial charge in [-0.3, -0.25) is 9.78 Å². The van der Waals surface area contributed by atoms with Crippen LogP contribution in [0.5, 0.6) is 0 Å². The molecule has 0 bridgehead atoms. The number of methoxy groups -OCH3 is 1. The number of nitrogens with one attached hydrogen (secondary N) is 2. The number of ether oxygens (including phenoxy) is 1. The van der Waals surface area contributed by atoms with Crippen LogP contribution < -0.4 is 10.6 Å². The van der Waals surface area contributed by atoms with E-state index in [0.717, 1.165) is 22.8 Å². The Bertz CT molecular complexity index is 1420. The van der Waals surface area contributed by atoms with Crippen molar-refractivity contribution >= 4 is 34.9 Å². The summed E-state index contributed by atoms with van der Waals surface area (Å²) in [5.41, 5.74) is 3.95. The van der Waals surface area contributed by atoms with Crippen molar-refractivity contribution in [2.75, 3.05) is 19.0 Å². The van der Waals surface area contributed by atoms with Crippen LogP contribution in [0.3, 0.4) is 0 Å². The quantitative estimate of drug-likeness (QED) is 0.256. The number of thiocarbonyl (C=S) groups is 1. The number of rotatable bonds is 8. The molecule has 2 N–H and O–H groups in total. The summed E-state index contributed by atoms with van der Waals surface area (Å²) < 4.78 is 6.89. The highest BCUT2D eigenvalue weighted by atomic mass is 32.1. The number of benzene rings is 2. The Hall–Kier alpha value is -4.50. The minimum atomic E-state index is -0.384. The lowest BCUT2D eigenvalue weighted by atomic mass is 10.0. The molecule has 0 radical (unpaired) electrons. The summed E-state index contributed by atoms with van der Waals surface area (Å²) in [7, 11) is 1.36. The first kappa shape index (κ1) is 25.2. The van der Waals surface area contributed by atoms with Crippen LogP contribution in [0.2, 0.25) is 0 Å². The van der Waals surface area contributed by atoms with E-state index in [2.05, 4.69) is 20.2 Å². The van der Waals surface area contributed by atoms with Crippen molar-refractivity contribution in [2.24, 2.45) is 0 Å². The van der Waals surface area contributed by atoms with E-state index in [9.17, 15) is 9.59 Å². The first-order chi connectivity index (χ1) is 18.5. The maximum Gasteiger partial charge on any atom is 0.337 e. The van der Waals surface area contributed by atoms with Gasteiger partial charge in [-0.05, 0) is 72.9 Å². The molecule has 2 atom stereocenters. The van der Waals surface area contributed by atoms with Crippen molar-refractivity contribution < 1.29 is 14.3 Å². The minimum absolute atomic E-state index is 0.0900. The summed E-state index contributed by atoms with van der Waals surface area (Å²) in [4.78, 5) is 31.3. The van der Waals surface area contributed by atoms with Crippen LogP contribution in [-0.4, -0.2) is 45.1 Å². The Morgan fingerprint density at radius 2 is 1.76 bits per heavy atom. The largest absolute Gasteiger partial charge is 0.465 e. The van der Waals surface area contributed by atoms with Gasteiger partial charge in [-0.2, -0.15) is 0 Å². The number of hydrogen-bond donors (Lipinski definition) is 2. The van der Waals surface area contributed by atoms with E-state index in [1.165, 1.54) is 7.11 Å². The summed E-state index contributed by atoms with van der Waals surface area (Å²) in [6.45, 7) is 0.422. The molecule has 0 aliphatic carbocycles. The number of carbonyl (C=O) groups is 2. The van der Waals surface area contributed by atoms with Gasteiger partial charge >= 0.3 is 5.97 Å². The zero-order chi connectivity index (χ0) is 26.5. The maximum absolute atomic E-state index is 12.8. The van der Waals surface area contributed by atoms with E-state index in [-0.39, 0.29) is 30.4 Å². The van der Waals surface area contributed by atoms with Crippen LogP contribution in [0, 0.1) is 0 Å². The van der Waals surface area contributed by atoms with Gasteiger partial charge in [-0.1, -0.05) is 24.3 Å². The third-order valence-corrected chi connectivity index (χ3v) is 6.84. The van der Waals surface area contributed by atoms with Gasteiger partial charge in [0.05, 0.1) is 30.5 Å². The van der Waals surface area contributed by atoms with Crippen LogP contribution in [0.15, 0.2) is 97.3 Å². The lowest BCUT2D eigenvalue weighted by Gasteiger charge is -2.29. The van der Waals surface area contributed by atoms with Gasteiger partial charge in [-0.15, -0.1) is 0 Å². The predicted molar refractivity (Wildman–Crippen MR) is 149 cm³/mol. The number of para-hydroxylation sites is 1. The van der Waals surface area contributed by atoms with Crippen LogP contribution in [0.4, 0.5) is 5.69 Å². The Morgan fingerprint density at radius 3 is 2.47 bits per heavy atom. The fourth-order valence-corrected chi connectivity index (χ4v) is 5.01. The summed E-state index contributed by atoms with van der Waals surface area (Å²) in [6, 6.07) is 26.0. The second kappa shape index (κ2) is 11.3. The normalized spacial score (nSPS) is 16.7. The zero-order valence-corrected chi connectivity index (χ0v) is 21.6. The maximum atomic E-state index is 12.8. The van der Waals surface area contributed by atoms with E-state index >= 15 is 0 Å². The summed E-state index contributed by atoms with van der Waals surface area (Å²) >= 11 is 5.76. The molecular formula is C29H27N5O3S. The molecule has 38 heavy (non-hydrogen) atoms. The van der Waals surface area contributed by atoms with Crippen LogP contribution in [0.1, 0.15) is 40.3 Å². The van der Waals surface area contributed by atoms with Crippen molar-refractivity contribution in [1.82, 2.24) is 19.8 Å². The monoisotopic (exact) mass is 525 g/mol. The molecule has 1 aliphatic rings. The van der Waals surface area contributed by atoms with Gasteiger partial charge in [0.15, 0.2) is 5.11 Å². The topological polar surface area (TPSA) is 88.5 Å². The highest BCUT2D eigenvalue weighted by Crippen LogP contribution is 2.39. The molecule has 1 amide bonds. The minimum Gasteiger partial charge on any atom is -0.465 e. The van der Waals surface area contributed by atoms with E-state index in [1.54, 1.807) is 18.3 Å². The second-order valence-corrected chi connectivity index (χ2v) is 9.21. The van der Waals surface area contributed by atoms with Crippen molar-refractivity contribution in [1.29, 1.82) is 0 Å². The van der Waals surface area contributed by atoms with E-state index in [1.807, 2.05) is 83.9 Å². The van der Waals surface area contributed by atoms with Crippen molar-refractivity contribution in [2.45, 2.75) is 18.5 Å². The molecule has 0 saturated carbocycles. The van der Waals surface area contributed by atoms with Crippen LogP contribution >= 0.6 is 12.2 Å². The van der Waals surface area contributed by atoms with E-state index < -0.39 is 0 Å². The Labute approximate surface area is 226 Å². The van der Waals surface area contributed by atoms with Gasteiger partial charge in [0, 0.05) is 42.4 Å². The van der Waals surface area contributed by atoms with Crippen molar-refractivity contribution in [3.63, 3.8) is 0 Å². The molecule has 1 fully saturated rings.